The number of benzene rings is 2. The first kappa shape index (κ1) is 18.9. The molecule has 6 heteroatoms. The standard InChI is InChI=1S/C22H20BrNO4/c1-13-5-10-18-19(11-13)21(26)24(20(18)25)16-4-2-3-14(12-16)22(27)28-17-8-6-15(23)7-9-17/h2-4,6-9,12-13,18-19H,5,10-11H2,1H3/t13-,18+,19+/m0/s1. The fourth-order valence-corrected chi connectivity index (χ4v) is 4.35. The van der Waals surface area contributed by atoms with Crippen molar-refractivity contribution in [1.29, 1.82) is 0 Å². The molecule has 2 fully saturated rings. The zero-order valence-electron chi connectivity index (χ0n) is 15.4. The molecule has 1 aliphatic heterocycles. The molecular weight excluding hydrogens is 422 g/mol. The van der Waals surface area contributed by atoms with E-state index in [-0.39, 0.29) is 23.7 Å². The van der Waals surface area contributed by atoms with E-state index < -0.39 is 5.97 Å². The Kier molecular flexibility index (Phi) is 5.06. The van der Waals surface area contributed by atoms with Gasteiger partial charge in [-0.15, -0.1) is 0 Å². The second kappa shape index (κ2) is 7.51. The number of fused-ring (bicyclic) bond motifs is 1. The molecule has 4 rings (SSSR count). The summed E-state index contributed by atoms with van der Waals surface area (Å²) in [7, 11) is 0. The summed E-state index contributed by atoms with van der Waals surface area (Å²) in [6.45, 7) is 2.12. The fraction of sp³-hybridized carbons (Fsp3) is 0.318. The van der Waals surface area contributed by atoms with Crippen LogP contribution in [0.4, 0.5) is 5.69 Å². The highest BCUT2D eigenvalue weighted by molar-refractivity contribution is 9.10. The van der Waals surface area contributed by atoms with Gasteiger partial charge in [0.2, 0.25) is 11.8 Å². The molecule has 0 N–H and O–H groups in total. The van der Waals surface area contributed by atoms with Crippen LogP contribution in [0.5, 0.6) is 5.75 Å². The highest BCUT2D eigenvalue weighted by Gasteiger charge is 2.50. The van der Waals surface area contributed by atoms with Gasteiger partial charge in [-0.3, -0.25) is 14.5 Å². The summed E-state index contributed by atoms with van der Waals surface area (Å²) in [6.07, 6.45) is 2.46. The summed E-state index contributed by atoms with van der Waals surface area (Å²) in [5.41, 5.74) is 0.728. The number of hydrogen-bond donors (Lipinski definition) is 0. The molecule has 0 unspecified atom stereocenters. The number of halogens is 1. The van der Waals surface area contributed by atoms with Gasteiger partial charge in [-0.1, -0.05) is 28.9 Å². The topological polar surface area (TPSA) is 63.7 Å². The molecule has 0 spiro atoms. The predicted molar refractivity (Wildman–Crippen MR) is 108 cm³/mol. The summed E-state index contributed by atoms with van der Waals surface area (Å²) < 4.78 is 6.27. The van der Waals surface area contributed by atoms with Crippen LogP contribution in [0.1, 0.15) is 36.5 Å². The molecule has 28 heavy (non-hydrogen) atoms. The fourth-order valence-electron chi connectivity index (χ4n) is 4.08. The van der Waals surface area contributed by atoms with E-state index in [1.165, 1.54) is 4.90 Å². The van der Waals surface area contributed by atoms with Crippen LogP contribution in [-0.2, 0) is 9.59 Å². The second-order valence-electron chi connectivity index (χ2n) is 7.54. The maximum atomic E-state index is 12.9. The lowest BCUT2D eigenvalue weighted by Crippen LogP contribution is -2.31. The van der Waals surface area contributed by atoms with Gasteiger partial charge in [0, 0.05) is 4.47 Å². The zero-order valence-corrected chi connectivity index (χ0v) is 17.0. The van der Waals surface area contributed by atoms with E-state index >= 15 is 0 Å². The number of nitrogens with zero attached hydrogens (tertiary/aromatic N) is 1. The van der Waals surface area contributed by atoms with E-state index in [0.29, 0.717) is 22.9 Å². The normalized spacial score (nSPS) is 24.2. The van der Waals surface area contributed by atoms with E-state index in [2.05, 4.69) is 22.9 Å². The third-order valence-electron chi connectivity index (χ3n) is 5.55. The van der Waals surface area contributed by atoms with E-state index in [0.717, 1.165) is 23.7 Å². The molecule has 2 aromatic carbocycles. The monoisotopic (exact) mass is 441 g/mol. The van der Waals surface area contributed by atoms with E-state index in [9.17, 15) is 14.4 Å². The van der Waals surface area contributed by atoms with Crippen LogP contribution in [-0.4, -0.2) is 17.8 Å². The van der Waals surface area contributed by atoms with Crippen molar-refractivity contribution in [3.05, 3.63) is 58.6 Å². The molecule has 144 valence electrons. The summed E-state index contributed by atoms with van der Waals surface area (Å²) in [5.74, 6) is -0.441. The molecule has 0 radical (unpaired) electrons. The number of rotatable bonds is 3. The maximum Gasteiger partial charge on any atom is 0.343 e. The van der Waals surface area contributed by atoms with Crippen molar-refractivity contribution >= 4 is 39.4 Å². The third-order valence-corrected chi connectivity index (χ3v) is 6.08. The highest BCUT2D eigenvalue weighted by atomic mass is 79.9. The molecule has 1 heterocycles. The lowest BCUT2D eigenvalue weighted by Gasteiger charge is -2.25. The van der Waals surface area contributed by atoms with Crippen molar-refractivity contribution in [2.24, 2.45) is 17.8 Å². The van der Waals surface area contributed by atoms with Gasteiger partial charge in [-0.25, -0.2) is 4.79 Å². The smallest absolute Gasteiger partial charge is 0.343 e. The Morgan fingerprint density at radius 1 is 1.04 bits per heavy atom. The lowest BCUT2D eigenvalue weighted by atomic mass is 9.76. The number of hydrogen-bond acceptors (Lipinski definition) is 4. The quantitative estimate of drug-likeness (QED) is 0.396. The van der Waals surface area contributed by atoms with Crippen LogP contribution >= 0.6 is 15.9 Å². The van der Waals surface area contributed by atoms with Crippen molar-refractivity contribution in [2.75, 3.05) is 4.90 Å². The van der Waals surface area contributed by atoms with Crippen LogP contribution in [0.15, 0.2) is 53.0 Å². The van der Waals surface area contributed by atoms with Crippen molar-refractivity contribution in [3.8, 4) is 5.75 Å². The molecule has 2 aliphatic rings. The first-order chi connectivity index (χ1) is 13.4. The Labute approximate surface area is 171 Å². The minimum atomic E-state index is -0.533. The Morgan fingerprint density at radius 3 is 2.50 bits per heavy atom. The Balaban J connectivity index is 1.56. The van der Waals surface area contributed by atoms with Crippen LogP contribution in [0, 0.1) is 17.8 Å². The summed E-state index contributed by atoms with van der Waals surface area (Å²) >= 11 is 3.33. The van der Waals surface area contributed by atoms with Crippen molar-refractivity contribution in [3.63, 3.8) is 0 Å². The van der Waals surface area contributed by atoms with Crippen LogP contribution in [0.25, 0.3) is 0 Å². The molecule has 3 atom stereocenters. The average molecular weight is 442 g/mol. The van der Waals surface area contributed by atoms with Gasteiger partial charge in [-0.05, 0) is 67.6 Å². The van der Waals surface area contributed by atoms with Gasteiger partial charge in [0.1, 0.15) is 5.75 Å². The molecule has 1 saturated heterocycles. The Bertz CT molecular complexity index is 940. The number of carbonyl (C=O) groups is 3. The lowest BCUT2D eigenvalue weighted by molar-refractivity contribution is -0.122. The third kappa shape index (κ3) is 3.49. The van der Waals surface area contributed by atoms with Crippen molar-refractivity contribution in [2.45, 2.75) is 26.2 Å². The molecule has 5 nitrogen and oxygen atoms in total. The molecule has 1 saturated carbocycles. The van der Waals surface area contributed by atoms with Gasteiger partial charge in [-0.2, -0.15) is 0 Å². The van der Waals surface area contributed by atoms with Gasteiger partial charge >= 0.3 is 5.97 Å². The first-order valence-electron chi connectivity index (χ1n) is 9.39. The number of carbonyl (C=O) groups excluding carboxylic acids is 3. The predicted octanol–water partition coefficient (Wildman–Crippen LogP) is 4.59. The summed E-state index contributed by atoms with van der Waals surface area (Å²) in [6, 6.07) is 13.5. The maximum absolute atomic E-state index is 12.9. The number of anilines is 1. The number of imide groups is 1. The molecule has 2 aromatic rings. The molecular formula is C22H20BrNO4. The zero-order chi connectivity index (χ0) is 19.8. The van der Waals surface area contributed by atoms with Crippen molar-refractivity contribution in [1.82, 2.24) is 0 Å². The van der Waals surface area contributed by atoms with E-state index in [4.69, 9.17) is 4.74 Å². The first-order valence-corrected chi connectivity index (χ1v) is 10.2. The van der Waals surface area contributed by atoms with Gasteiger partial charge in [0.25, 0.3) is 0 Å². The van der Waals surface area contributed by atoms with Crippen LogP contribution in [0.2, 0.25) is 0 Å². The van der Waals surface area contributed by atoms with Gasteiger partial charge < -0.3 is 4.74 Å². The summed E-state index contributed by atoms with van der Waals surface area (Å²) in [4.78, 5) is 39.5. The minimum Gasteiger partial charge on any atom is -0.423 e. The van der Waals surface area contributed by atoms with E-state index in [1.807, 2.05) is 0 Å². The largest absolute Gasteiger partial charge is 0.423 e. The Hall–Kier alpha value is -2.47. The number of amides is 2. The van der Waals surface area contributed by atoms with Gasteiger partial charge in [0.05, 0.1) is 23.1 Å². The average Bonchev–Trinajstić information content (AvgIpc) is 2.93. The van der Waals surface area contributed by atoms with Gasteiger partial charge in [0.15, 0.2) is 0 Å². The van der Waals surface area contributed by atoms with E-state index in [1.54, 1.807) is 48.5 Å². The number of esters is 1. The summed E-state index contributed by atoms with van der Waals surface area (Å²) in [5, 5.41) is 0. The number of ether oxygens (including phenoxy) is 1. The highest BCUT2D eigenvalue weighted by Crippen LogP contribution is 2.42. The molecule has 1 aliphatic carbocycles. The van der Waals surface area contributed by atoms with Crippen LogP contribution in [0.3, 0.4) is 0 Å². The molecule has 0 bridgehead atoms. The van der Waals surface area contributed by atoms with Crippen LogP contribution < -0.4 is 9.64 Å². The Morgan fingerprint density at radius 2 is 1.75 bits per heavy atom. The van der Waals surface area contributed by atoms with Crippen molar-refractivity contribution < 1.29 is 19.1 Å². The minimum absolute atomic E-state index is 0.152. The molecule has 0 aromatic heterocycles. The second-order valence-corrected chi connectivity index (χ2v) is 8.45. The SMILES string of the molecule is C[C@H]1CC[C@H]2C(=O)N(c3cccc(C(=O)Oc4ccc(Br)cc4)c3)C(=O)[C@@H]2C1. The molecule has 2 amide bonds.